The number of thiazole rings is 1. The molecule has 0 saturated carbocycles. The molecule has 0 aliphatic rings. The lowest BCUT2D eigenvalue weighted by Gasteiger charge is -2.10. The lowest BCUT2D eigenvalue weighted by atomic mass is 10.1. The number of nitrogens with zero attached hydrogens (tertiary/aromatic N) is 3. The van der Waals surface area contributed by atoms with Gasteiger partial charge in [-0.3, -0.25) is 14.9 Å². The number of benzene rings is 3. The number of nitro benzene ring substituents is 1. The number of halogens is 1. The van der Waals surface area contributed by atoms with Crippen molar-refractivity contribution < 1.29 is 14.1 Å². The lowest BCUT2D eigenvalue weighted by Crippen LogP contribution is -2.22. The molecule has 5 rings (SSSR count). The summed E-state index contributed by atoms with van der Waals surface area (Å²) >= 11 is 1.18. The number of hydrogen-bond donors (Lipinski definition) is 0. The molecule has 0 atom stereocenters. The highest BCUT2D eigenvalue weighted by atomic mass is 32.1. The first-order valence-electron chi connectivity index (χ1n) is 9.57. The van der Waals surface area contributed by atoms with E-state index >= 15 is 0 Å². The van der Waals surface area contributed by atoms with Crippen molar-refractivity contribution in [3.05, 3.63) is 109 Å². The van der Waals surface area contributed by atoms with Crippen LogP contribution >= 0.6 is 11.3 Å². The van der Waals surface area contributed by atoms with Crippen molar-refractivity contribution >= 4 is 39.1 Å². The second-order valence-electron chi connectivity index (χ2n) is 6.99. The van der Waals surface area contributed by atoms with Gasteiger partial charge in [-0.2, -0.15) is 0 Å². The fourth-order valence-corrected chi connectivity index (χ4v) is 4.40. The molecular formula is C23H14FN3O4S. The molecule has 5 aromatic rings. The maximum Gasteiger partial charge on any atom is 0.274 e. The van der Waals surface area contributed by atoms with Crippen LogP contribution in [0.4, 0.5) is 10.1 Å². The molecule has 0 saturated heterocycles. The zero-order valence-corrected chi connectivity index (χ0v) is 17.2. The van der Waals surface area contributed by atoms with Crippen LogP contribution in [0.25, 0.3) is 22.1 Å². The SMILES string of the molecule is O=c1/c(=C\c2cc([N+](=O)[O-])ccc2OCc2ccccc2F)sc2nc3ccccc3n12. The van der Waals surface area contributed by atoms with Crippen molar-refractivity contribution in [2.75, 3.05) is 0 Å². The van der Waals surface area contributed by atoms with Gasteiger partial charge >= 0.3 is 0 Å². The van der Waals surface area contributed by atoms with Crippen molar-refractivity contribution in [1.29, 1.82) is 0 Å². The minimum absolute atomic E-state index is 0.0616. The summed E-state index contributed by atoms with van der Waals surface area (Å²) in [5.41, 5.74) is 1.69. The second-order valence-corrected chi connectivity index (χ2v) is 8.00. The average molecular weight is 447 g/mol. The summed E-state index contributed by atoms with van der Waals surface area (Å²) in [5, 5.41) is 11.3. The molecule has 0 spiro atoms. The van der Waals surface area contributed by atoms with E-state index in [2.05, 4.69) is 4.98 Å². The second kappa shape index (κ2) is 7.86. The summed E-state index contributed by atoms with van der Waals surface area (Å²) in [5.74, 6) is -0.109. The Morgan fingerprint density at radius 2 is 1.91 bits per heavy atom. The normalized spacial score (nSPS) is 12.0. The molecule has 2 heterocycles. The van der Waals surface area contributed by atoms with E-state index in [1.165, 1.54) is 40.0 Å². The number of non-ortho nitro benzene ring substituents is 1. The number of rotatable bonds is 5. The fraction of sp³-hybridized carbons (Fsp3) is 0.0435. The monoisotopic (exact) mass is 447 g/mol. The minimum Gasteiger partial charge on any atom is -0.488 e. The smallest absolute Gasteiger partial charge is 0.274 e. The highest BCUT2D eigenvalue weighted by molar-refractivity contribution is 7.15. The molecule has 0 N–H and O–H groups in total. The van der Waals surface area contributed by atoms with Gasteiger partial charge in [-0.05, 0) is 30.3 Å². The summed E-state index contributed by atoms with van der Waals surface area (Å²) in [6.45, 7) is -0.0616. The van der Waals surface area contributed by atoms with Crippen LogP contribution in [0.15, 0.2) is 71.5 Å². The van der Waals surface area contributed by atoms with Gasteiger partial charge in [-0.15, -0.1) is 0 Å². The van der Waals surface area contributed by atoms with E-state index in [0.29, 0.717) is 37.4 Å². The van der Waals surface area contributed by atoms with E-state index in [0.717, 1.165) is 0 Å². The van der Waals surface area contributed by atoms with Gasteiger partial charge in [0.25, 0.3) is 11.2 Å². The molecule has 32 heavy (non-hydrogen) atoms. The number of ether oxygens (including phenoxy) is 1. The first-order chi connectivity index (χ1) is 15.5. The number of imidazole rings is 1. The van der Waals surface area contributed by atoms with E-state index in [-0.39, 0.29) is 17.9 Å². The Hall–Kier alpha value is -4.11. The summed E-state index contributed by atoms with van der Waals surface area (Å²) in [7, 11) is 0. The third kappa shape index (κ3) is 3.48. The van der Waals surface area contributed by atoms with Crippen LogP contribution in [-0.4, -0.2) is 14.3 Å². The molecule has 158 valence electrons. The standard InChI is InChI=1S/C23H14FN3O4S/c24-17-6-2-1-5-14(17)13-31-20-10-9-16(27(29)30)11-15(20)12-21-22(28)26-19-8-4-3-7-18(19)25-23(26)32-21/h1-12H,13H2/b21-12+. The van der Waals surface area contributed by atoms with E-state index in [1.54, 1.807) is 24.3 Å². The Morgan fingerprint density at radius 3 is 2.72 bits per heavy atom. The Labute approximate surface area is 183 Å². The first-order valence-corrected chi connectivity index (χ1v) is 10.4. The molecule has 0 aliphatic heterocycles. The summed E-state index contributed by atoms with van der Waals surface area (Å²) < 4.78 is 21.6. The first kappa shape index (κ1) is 19.8. The topological polar surface area (TPSA) is 86.7 Å². The molecule has 0 aliphatic carbocycles. The number of nitro groups is 1. The maximum absolute atomic E-state index is 13.9. The van der Waals surface area contributed by atoms with Gasteiger partial charge < -0.3 is 4.74 Å². The molecule has 9 heteroatoms. The van der Waals surface area contributed by atoms with Gasteiger partial charge in [0.2, 0.25) is 0 Å². The van der Waals surface area contributed by atoms with Gasteiger partial charge in [0.1, 0.15) is 18.2 Å². The van der Waals surface area contributed by atoms with Crippen LogP contribution < -0.4 is 14.8 Å². The quantitative estimate of drug-likeness (QED) is 0.299. The van der Waals surface area contributed by atoms with Crippen molar-refractivity contribution in [1.82, 2.24) is 9.38 Å². The van der Waals surface area contributed by atoms with Crippen molar-refractivity contribution in [3.8, 4) is 5.75 Å². The summed E-state index contributed by atoms with van der Waals surface area (Å²) in [4.78, 5) is 28.8. The van der Waals surface area contributed by atoms with Crippen molar-refractivity contribution in [2.45, 2.75) is 6.61 Å². The minimum atomic E-state index is -0.523. The van der Waals surface area contributed by atoms with Gasteiger partial charge in [0.05, 0.1) is 20.5 Å². The third-order valence-corrected chi connectivity index (χ3v) is 5.95. The molecule has 0 radical (unpaired) electrons. The van der Waals surface area contributed by atoms with Gasteiger partial charge in [0, 0.05) is 23.3 Å². The number of aromatic nitrogens is 2. The lowest BCUT2D eigenvalue weighted by molar-refractivity contribution is -0.384. The Bertz CT molecular complexity index is 1610. The van der Waals surface area contributed by atoms with E-state index in [1.807, 2.05) is 24.3 Å². The van der Waals surface area contributed by atoms with Crippen LogP contribution in [0.2, 0.25) is 0 Å². The zero-order valence-electron chi connectivity index (χ0n) is 16.4. The highest BCUT2D eigenvalue weighted by Crippen LogP contribution is 2.26. The van der Waals surface area contributed by atoms with E-state index in [9.17, 15) is 19.3 Å². The molecule has 0 unspecified atom stereocenters. The van der Waals surface area contributed by atoms with Gasteiger partial charge in [-0.25, -0.2) is 13.8 Å². The molecule has 0 amide bonds. The van der Waals surface area contributed by atoms with E-state index in [4.69, 9.17) is 4.74 Å². The largest absolute Gasteiger partial charge is 0.488 e. The van der Waals surface area contributed by atoms with E-state index < -0.39 is 10.7 Å². The number of hydrogen-bond acceptors (Lipinski definition) is 6. The summed E-state index contributed by atoms with van der Waals surface area (Å²) in [6, 6.07) is 17.6. The average Bonchev–Trinajstić information content (AvgIpc) is 3.30. The predicted molar refractivity (Wildman–Crippen MR) is 119 cm³/mol. The highest BCUT2D eigenvalue weighted by Gasteiger charge is 2.14. The maximum atomic E-state index is 13.9. The third-order valence-electron chi connectivity index (χ3n) is 4.98. The fourth-order valence-electron chi connectivity index (χ4n) is 3.42. The molecule has 7 nitrogen and oxygen atoms in total. The van der Waals surface area contributed by atoms with Gasteiger partial charge in [0.15, 0.2) is 4.96 Å². The van der Waals surface area contributed by atoms with Crippen molar-refractivity contribution in [3.63, 3.8) is 0 Å². The Kier molecular flexibility index (Phi) is 4.87. The van der Waals surface area contributed by atoms with Crippen LogP contribution in [0, 0.1) is 15.9 Å². The van der Waals surface area contributed by atoms with Crippen molar-refractivity contribution in [2.24, 2.45) is 0 Å². The number of para-hydroxylation sites is 2. The summed E-state index contributed by atoms with van der Waals surface area (Å²) in [6.07, 6.45) is 1.54. The van der Waals surface area contributed by atoms with Crippen LogP contribution in [0.5, 0.6) is 5.75 Å². The molecule has 0 fully saturated rings. The van der Waals surface area contributed by atoms with Crippen LogP contribution in [-0.2, 0) is 6.61 Å². The molecule has 0 bridgehead atoms. The molecule has 2 aromatic heterocycles. The zero-order chi connectivity index (χ0) is 22.2. The number of fused-ring (bicyclic) bond motifs is 3. The van der Waals surface area contributed by atoms with Crippen LogP contribution in [0.3, 0.4) is 0 Å². The van der Waals surface area contributed by atoms with Gasteiger partial charge in [-0.1, -0.05) is 41.7 Å². The predicted octanol–water partition coefficient (Wildman–Crippen LogP) is 4.08. The van der Waals surface area contributed by atoms with Crippen LogP contribution in [0.1, 0.15) is 11.1 Å². The Balaban J connectivity index is 1.61. The Morgan fingerprint density at radius 1 is 1.12 bits per heavy atom. The molecule has 3 aromatic carbocycles. The molecular weight excluding hydrogens is 433 g/mol.